The van der Waals surface area contributed by atoms with Crippen LogP contribution in [-0.4, -0.2) is 4.98 Å². The maximum absolute atomic E-state index is 4.71. The molecule has 6 aromatic carbocycles. The van der Waals surface area contributed by atoms with E-state index in [0.717, 1.165) is 23.3 Å². The fraction of sp³-hybridized carbons (Fsp3) is 0.222. The van der Waals surface area contributed by atoms with Gasteiger partial charge in [0.25, 0.3) is 0 Å². The van der Waals surface area contributed by atoms with Gasteiger partial charge in [-0.05, 0) is 139 Å². The molecule has 3 fully saturated rings. The lowest BCUT2D eigenvalue weighted by Gasteiger charge is -2.57. The van der Waals surface area contributed by atoms with Crippen LogP contribution in [0.15, 0.2) is 128 Å². The first kappa shape index (κ1) is 25.4. The largest absolute Gasteiger partial charge is 0.256 e. The molecule has 220 valence electrons. The third-order valence-corrected chi connectivity index (χ3v) is 12.8. The summed E-state index contributed by atoms with van der Waals surface area (Å²) in [5.41, 5.74) is 13.0. The molecule has 0 saturated heterocycles. The Morgan fingerprint density at radius 1 is 0.522 bits per heavy atom. The Bertz CT molecular complexity index is 2340. The van der Waals surface area contributed by atoms with Crippen LogP contribution in [0.2, 0.25) is 0 Å². The van der Waals surface area contributed by atoms with E-state index in [1.54, 1.807) is 11.1 Å². The van der Waals surface area contributed by atoms with Gasteiger partial charge in [-0.15, -0.1) is 0 Å². The van der Waals surface area contributed by atoms with Crippen molar-refractivity contribution in [2.45, 2.75) is 43.9 Å². The standard InChI is InChI=1S/C45H35N/c1-2-10-33-31(9-1)32-18-17-28(23-40(32)29-21-27-22-30-24-41(33)45(30,25-27)26-29)43-35-12-3-5-14-37(35)44(38-15-6-4-13-36(38)43)39-19-20-46-42-16-8-7-11-34(39)42/h1-20,23,27,29-30,41H,21-22,24-26H2. The fourth-order valence-corrected chi connectivity index (χ4v) is 11.1. The van der Waals surface area contributed by atoms with Crippen LogP contribution in [0.4, 0.5) is 0 Å². The molecule has 0 N–H and O–H groups in total. The maximum atomic E-state index is 4.71. The Hall–Kier alpha value is -4.75. The molecule has 4 aliphatic rings. The van der Waals surface area contributed by atoms with E-state index >= 15 is 0 Å². The molecule has 1 nitrogen and oxygen atoms in total. The van der Waals surface area contributed by atoms with Crippen LogP contribution in [0.25, 0.3) is 65.8 Å². The third-order valence-electron chi connectivity index (χ3n) is 12.8. The highest BCUT2D eigenvalue weighted by atomic mass is 14.7. The van der Waals surface area contributed by atoms with E-state index in [-0.39, 0.29) is 0 Å². The summed E-state index contributed by atoms with van der Waals surface area (Å²) in [7, 11) is 0. The molecule has 5 unspecified atom stereocenters. The van der Waals surface area contributed by atoms with Crippen molar-refractivity contribution in [3.8, 4) is 33.4 Å². The van der Waals surface area contributed by atoms with E-state index in [1.807, 2.05) is 6.20 Å². The number of hydrogen-bond acceptors (Lipinski definition) is 1. The highest BCUT2D eigenvalue weighted by Crippen LogP contribution is 2.75. The Morgan fingerprint density at radius 2 is 1.20 bits per heavy atom. The van der Waals surface area contributed by atoms with Crippen molar-refractivity contribution in [3.05, 3.63) is 139 Å². The van der Waals surface area contributed by atoms with Crippen LogP contribution in [0, 0.1) is 17.3 Å². The third kappa shape index (κ3) is 3.28. The van der Waals surface area contributed by atoms with Gasteiger partial charge in [0, 0.05) is 11.6 Å². The molecule has 0 aliphatic heterocycles. The van der Waals surface area contributed by atoms with Crippen molar-refractivity contribution in [2.75, 3.05) is 0 Å². The summed E-state index contributed by atoms with van der Waals surface area (Å²) in [6.45, 7) is 0. The van der Waals surface area contributed by atoms with Crippen LogP contribution in [-0.2, 0) is 0 Å². The first-order chi connectivity index (χ1) is 22.8. The highest BCUT2D eigenvalue weighted by Gasteiger charge is 2.63. The zero-order chi connectivity index (χ0) is 30.0. The van der Waals surface area contributed by atoms with Gasteiger partial charge in [0.05, 0.1) is 5.52 Å². The second-order valence-electron chi connectivity index (χ2n) is 14.8. The van der Waals surface area contributed by atoms with Crippen LogP contribution in [0.1, 0.15) is 55.1 Å². The molecular weight excluding hydrogens is 555 g/mol. The van der Waals surface area contributed by atoms with Gasteiger partial charge in [-0.2, -0.15) is 0 Å². The Kier molecular flexibility index (Phi) is 5.07. The molecule has 7 aromatic rings. The first-order valence-electron chi connectivity index (χ1n) is 17.3. The average Bonchev–Trinajstić information content (AvgIpc) is 3.29. The summed E-state index contributed by atoms with van der Waals surface area (Å²) in [6.07, 6.45) is 9.03. The van der Waals surface area contributed by atoms with Gasteiger partial charge in [-0.3, -0.25) is 4.98 Å². The molecule has 11 rings (SSSR count). The van der Waals surface area contributed by atoms with Crippen molar-refractivity contribution < 1.29 is 0 Å². The van der Waals surface area contributed by atoms with Gasteiger partial charge in [0.1, 0.15) is 0 Å². The van der Waals surface area contributed by atoms with Crippen LogP contribution < -0.4 is 0 Å². The number of nitrogens with zero attached hydrogens (tertiary/aromatic N) is 1. The van der Waals surface area contributed by atoms with E-state index in [4.69, 9.17) is 4.98 Å². The monoisotopic (exact) mass is 589 g/mol. The minimum Gasteiger partial charge on any atom is -0.256 e. The molecule has 0 amide bonds. The Morgan fingerprint density at radius 3 is 2.00 bits per heavy atom. The van der Waals surface area contributed by atoms with Crippen LogP contribution in [0.5, 0.6) is 0 Å². The zero-order valence-corrected chi connectivity index (χ0v) is 25.9. The summed E-state index contributed by atoms with van der Waals surface area (Å²) in [4.78, 5) is 4.71. The first-order valence-corrected chi connectivity index (χ1v) is 17.3. The SMILES string of the molecule is c1ccc2c(c1)-c1ccc(-c3c4ccccc4c(-c4ccnc5ccccc45)c4ccccc34)cc1C1CC3CC4CC2C4(C3)C1. The van der Waals surface area contributed by atoms with Gasteiger partial charge in [-0.25, -0.2) is 0 Å². The van der Waals surface area contributed by atoms with Crippen molar-refractivity contribution in [1.82, 2.24) is 4.98 Å². The van der Waals surface area contributed by atoms with E-state index in [9.17, 15) is 0 Å². The summed E-state index contributed by atoms with van der Waals surface area (Å²) >= 11 is 0. The lowest BCUT2D eigenvalue weighted by atomic mass is 9.47. The van der Waals surface area contributed by atoms with Gasteiger partial charge >= 0.3 is 0 Å². The van der Waals surface area contributed by atoms with E-state index < -0.39 is 0 Å². The molecule has 4 aliphatic carbocycles. The number of pyridine rings is 1. The lowest BCUT2D eigenvalue weighted by Crippen LogP contribution is -2.46. The molecule has 1 spiro atoms. The van der Waals surface area contributed by atoms with E-state index in [0.29, 0.717) is 11.3 Å². The van der Waals surface area contributed by atoms with Gasteiger partial charge in [-0.1, -0.05) is 109 Å². The summed E-state index contributed by atoms with van der Waals surface area (Å²) < 4.78 is 0. The van der Waals surface area contributed by atoms with Crippen molar-refractivity contribution >= 4 is 32.4 Å². The smallest absolute Gasteiger partial charge is 0.0708 e. The number of fused-ring (bicyclic) bond motifs is 10. The molecular formula is C45H35N. The van der Waals surface area contributed by atoms with Crippen LogP contribution >= 0.6 is 0 Å². The molecule has 1 heterocycles. The Labute approximate surface area is 269 Å². The van der Waals surface area contributed by atoms with E-state index in [1.165, 1.54) is 92.4 Å². The number of benzene rings is 6. The quantitative estimate of drug-likeness (QED) is 0.183. The average molecular weight is 590 g/mol. The predicted octanol–water partition coefficient (Wildman–Crippen LogP) is 11.9. The topological polar surface area (TPSA) is 12.9 Å². The van der Waals surface area contributed by atoms with Gasteiger partial charge < -0.3 is 0 Å². The summed E-state index contributed by atoms with van der Waals surface area (Å²) in [5.74, 6) is 3.23. The molecule has 0 radical (unpaired) electrons. The molecule has 1 aromatic heterocycles. The predicted molar refractivity (Wildman–Crippen MR) is 191 cm³/mol. The second kappa shape index (κ2) is 9.17. The molecule has 3 saturated carbocycles. The van der Waals surface area contributed by atoms with Crippen molar-refractivity contribution in [3.63, 3.8) is 0 Å². The summed E-state index contributed by atoms with van der Waals surface area (Å²) in [5, 5.41) is 6.46. The Balaban J connectivity index is 1.20. The van der Waals surface area contributed by atoms with E-state index in [2.05, 4.69) is 121 Å². The van der Waals surface area contributed by atoms with Crippen molar-refractivity contribution in [1.29, 1.82) is 0 Å². The molecule has 3 bridgehead atoms. The van der Waals surface area contributed by atoms with Crippen LogP contribution in [0.3, 0.4) is 0 Å². The second-order valence-corrected chi connectivity index (χ2v) is 14.8. The summed E-state index contributed by atoms with van der Waals surface area (Å²) in [6, 6.07) is 45.9. The van der Waals surface area contributed by atoms with Gasteiger partial charge in [0.15, 0.2) is 0 Å². The van der Waals surface area contributed by atoms with Crippen molar-refractivity contribution in [2.24, 2.45) is 17.3 Å². The minimum atomic E-state index is 0.533. The zero-order valence-electron chi connectivity index (χ0n) is 25.9. The minimum absolute atomic E-state index is 0.533. The molecule has 5 atom stereocenters. The fourth-order valence-electron chi connectivity index (χ4n) is 11.1. The maximum Gasteiger partial charge on any atom is 0.0708 e. The number of rotatable bonds is 2. The molecule has 1 heteroatoms. The number of aromatic nitrogens is 1. The number of para-hydroxylation sites is 1. The highest BCUT2D eigenvalue weighted by molar-refractivity contribution is 6.23. The molecule has 46 heavy (non-hydrogen) atoms. The lowest BCUT2D eigenvalue weighted by molar-refractivity contribution is -0.000406. The normalized spacial score (nSPS) is 25.5. The van der Waals surface area contributed by atoms with Gasteiger partial charge in [0.2, 0.25) is 0 Å². The number of hydrogen-bond donors (Lipinski definition) is 0.